The zero-order valence-corrected chi connectivity index (χ0v) is 20.1. The molecular formula is C27H33N3O3. The van der Waals surface area contributed by atoms with Crippen LogP contribution in [0.2, 0.25) is 0 Å². The van der Waals surface area contributed by atoms with Crippen molar-refractivity contribution in [1.29, 1.82) is 0 Å². The summed E-state index contributed by atoms with van der Waals surface area (Å²) in [5, 5.41) is 3.05. The van der Waals surface area contributed by atoms with Gasteiger partial charge in [-0.05, 0) is 69.4 Å². The third-order valence-electron chi connectivity index (χ3n) is 6.64. The van der Waals surface area contributed by atoms with Crippen molar-refractivity contribution >= 4 is 11.8 Å². The summed E-state index contributed by atoms with van der Waals surface area (Å²) in [5.74, 6) is 0.679. The van der Waals surface area contributed by atoms with Crippen LogP contribution in [0.3, 0.4) is 0 Å². The Bertz CT molecular complexity index is 1160. The van der Waals surface area contributed by atoms with E-state index in [0.717, 1.165) is 41.0 Å². The molecule has 4 rings (SSSR count). The lowest BCUT2D eigenvalue weighted by Crippen LogP contribution is -2.46. The molecule has 0 bridgehead atoms. The molecule has 0 unspecified atom stereocenters. The van der Waals surface area contributed by atoms with Gasteiger partial charge in [0.25, 0.3) is 11.8 Å². The van der Waals surface area contributed by atoms with Crippen molar-refractivity contribution in [1.82, 2.24) is 14.8 Å². The van der Waals surface area contributed by atoms with Crippen molar-refractivity contribution in [2.45, 2.75) is 59.4 Å². The summed E-state index contributed by atoms with van der Waals surface area (Å²) in [6.07, 6.45) is 2.99. The lowest BCUT2D eigenvalue weighted by atomic mass is 10.0. The van der Waals surface area contributed by atoms with Crippen LogP contribution in [0.1, 0.15) is 76.0 Å². The fourth-order valence-corrected chi connectivity index (χ4v) is 4.65. The number of benzene rings is 1. The van der Waals surface area contributed by atoms with Gasteiger partial charge in [-0.3, -0.25) is 9.59 Å². The Kier molecular flexibility index (Phi) is 6.45. The SMILES string of the molecule is Cc1ccoc1C(=O)NC1CCN(C(=O)c2cc(C)n(-c3cccc(C(C)C)c3)c2C)CC1. The molecule has 0 aliphatic carbocycles. The largest absolute Gasteiger partial charge is 0.459 e. The van der Waals surface area contributed by atoms with Crippen molar-refractivity contribution in [2.24, 2.45) is 0 Å². The molecule has 6 nitrogen and oxygen atoms in total. The number of nitrogens with zero attached hydrogens (tertiary/aromatic N) is 2. The molecule has 0 spiro atoms. The van der Waals surface area contributed by atoms with Gasteiger partial charge < -0.3 is 19.2 Å². The molecule has 33 heavy (non-hydrogen) atoms. The first-order valence-corrected chi connectivity index (χ1v) is 11.7. The zero-order chi connectivity index (χ0) is 23.7. The van der Waals surface area contributed by atoms with Gasteiger partial charge in [-0.25, -0.2) is 0 Å². The number of nitrogens with one attached hydrogen (secondary N) is 1. The first-order valence-electron chi connectivity index (χ1n) is 11.7. The topological polar surface area (TPSA) is 67.5 Å². The fraction of sp³-hybridized carbons (Fsp3) is 0.407. The molecule has 1 fully saturated rings. The Labute approximate surface area is 195 Å². The van der Waals surface area contributed by atoms with Gasteiger partial charge in [0.05, 0.1) is 11.8 Å². The number of hydrogen-bond donors (Lipinski definition) is 1. The Morgan fingerprint density at radius 2 is 1.79 bits per heavy atom. The summed E-state index contributed by atoms with van der Waals surface area (Å²) < 4.78 is 7.45. The fourth-order valence-electron chi connectivity index (χ4n) is 4.65. The molecule has 3 aromatic rings. The van der Waals surface area contributed by atoms with E-state index in [4.69, 9.17) is 4.42 Å². The van der Waals surface area contributed by atoms with Crippen LogP contribution in [0.4, 0.5) is 0 Å². The standard InChI is InChI=1S/C27H33N3O3/c1-17(2)21-7-6-8-23(16-21)30-19(4)15-24(20(30)5)27(32)29-12-9-22(10-13-29)28-26(31)25-18(3)11-14-33-25/h6-8,11,14-17,22H,9-10,12-13H2,1-5H3,(H,28,31). The highest BCUT2D eigenvalue weighted by Crippen LogP contribution is 2.26. The second-order valence-corrected chi connectivity index (χ2v) is 9.34. The normalized spacial score (nSPS) is 14.7. The quantitative estimate of drug-likeness (QED) is 0.588. The van der Waals surface area contributed by atoms with Crippen molar-refractivity contribution in [3.8, 4) is 5.69 Å². The summed E-state index contributed by atoms with van der Waals surface area (Å²) in [4.78, 5) is 27.7. The van der Waals surface area contributed by atoms with E-state index in [1.165, 1.54) is 11.8 Å². The zero-order valence-electron chi connectivity index (χ0n) is 20.1. The monoisotopic (exact) mass is 447 g/mol. The van der Waals surface area contributed by atoms with E-state index in [-0.39, 0.29) is 17.9 Å². The van der Waals surface area contributed by atoms with E-state index in [1.54, 1.807) is 6.07 Å². The minimum absolute atomic E-state index is 0.0391. The van der Waals surface area contributed by atoms with E-state index >= 15 is 0 Å². The van der Waals surface area contributed by atoms with E-state index in [9.17, 15) is 9.59 Å². The molecule has 1 aliphatic rings. The lowest BCUT2D eigenvalue weighted by Gasteiger charge is -2.32. The van der Waals surface area contributed by atoms with Crippen molar-refractivity contribution in [3.05, 3.63) is 76.5 Å². The average molecular weight is 448 g/mol. The highest BCUT2D eigenvalue weighted by molar-refractivity contribution is 5.96. The molecule has 2 amide bonds. The van der Waals surface area contributed by atoms with Crippen LogP contribution in [-0.4, -0.2) is 40.4 Å². The van der Waals surface area contributed by atoms with Crippen LogP contribution in [0.5, 0.6) is 0 Å². The Morgan fingerprint density at radius 3 is 2.42 bits per heavy atom. The number of aromatic nitrogens is 1. The van der Waals surface area contributed by atoms with Crippen molar-refractivity contribution in [2.75, 3.05) is 13.1 Å². The molecule has 1 N–H and O–H groups in total. The second-order valence-electron chi connectivity index (χ2n) is 9.34. The number of amides is 2. The third kappa shape index (κ3) is 4.61. The van der Waals surface area contributed by atoms with Gasteiger partial charge in [-0.2, -0.15) is 0 Å². The maximum absolute atomic E-state index is 13.4. The maximum Gasteiger partial charge on any atom is 0.287 e. The minimum atomic E-state index is -0.186. The van der Waals surface area contributed by atoms with E-state index in [2.05, 4.69) is 48.0 Å². The molecule has 1 aromatic carbocycles. The molecule has 2 aromatic heterocycles. The number of carbonyl (C=O) groups is 2. The minimum Gasteiger partial charge on any atom is -0.459 e. The van der Waals surface area contributed by atoms with Gasteiger partial charge in [0.15, 0.2) is 5.76 Å². The average Bonchev–Trinajstić information content (AvgIpc) is 3.36. The highest BCUT2D eigenvalue weighted by atomic mass is 16.3. The summed E-state index contributed by atoms with van der Waals surface area (Å²) >= 11 is 0. The van der Waals surface area contributed by atoms with E-state index < -0.39 is 0 Å². The number of furan rings is 1. The molecule has 0 saturated carbocycles. The van der Waals surface area contributed by atoms with Crippen LogP contribution >= 0.6 is 0 Å². The summed E-state index contributed by atoms with van der Waals surface area (Å²) in [6.45, 7) is 11.5. The number of aryl methyl sites for hydroxylation is 2. The molecule has 6 heteroatoms. The van der Waals surface area contributed by atoms with Crippen LogP contribution in [0, 0.1) is 20.8 Å². The smallest absolute Gasteiger partial charge is 0.287 e. The third-order valence-corrected chi connectivity index (χ3v) is 6.64. The molecule has 3 heterocycles. The van der Waals surface area contributed by atoms with Crippen LogP contribution in [-0.2, 0) is 0 Å². The summed E-state index contributed by atoms with van der Waals surface area (Å²) in [6, 6.07) is 12.3. The summed E-state index contributed by atoms with van der Waals surface area (Å²) in [5.41, 5.74) is 5.95. The van der Waals surface area contributed by atoms with Gasteiger partial charge in [-0.15, -0.1) is 0 Å². The predicted octanol–water partition coefficient (Wildman–Crippen LogP) is 5.15. The van der Waals surface area contributed by atoms with Gasteiger partial charge in [0.2, 0.25) is 0 Å². The second kappa shape index (κ2) is 9.30. The predicted molar refractivity (Wildman–Crippen MR) is 129 cm³/mol. The molecule has 1 saturated heterocycles. The Balaban J connectivity index is 1.44. The first-order chi connectivity index (χ1) is 15.8. The number of rotatable bonds is 5. The highest BCUT2D eigenvalue weighted by Gasteiger charge is 2.28. The van der Waals surface area contributed by atoms with Crippen LogP contribution < -0.4 is 5.32 Å². The van der Waals surface area contributed by atoms with E-state index in [0.29, 0.717) is 24.8 Å². The molecular weight excluding hydrogens is 414 g/mol. The summed E-state index contributed by atoms with van der Waals surface area (Å²) in [7, 11) is 0. The number of piperidine rings is 1. The van der Waals surface area contributed by atoms with Crippen LogP contribution in [0.15, 0.2) is 47.1 Å². The Hall–Kier alpha value is -3.28. The first kappa shape index (κ1) is 22.9. The van der Waals surface area contributed by atoms with Crippen LogP contribution in [0.25, 0.3) is 5.69 Å². The number of likely N-dealkylation sites (tertiary alicyclic amines) is 1. The molecule has 1 aliphatic heterocycles. The molecule has 174 valence electrons. The maximum atomic E-state index is 13.4. The van der Waals surface area contributed by atoms with Gasteiger partial charge in [0.1, 0.15) is 0 Å². The van der Waals surface area contributed by atoms with E-state index in [1.807, 2.05) is 31.7 Å². The lowest BCUT2D eigenvalue weighted by molar-refractivity contribution is 0.0695. The molecule has 0 radical (unpaired) electrons. The number of carbonyl (C=O) groups excluding carboxylic acids is 2. The van der Waals surface area contributed by atoms with Gasteiger partial charge >= 0.3 is 0 Å². The van der Waals surface area contributed by atoms with Crippen molar-refractivity contribution < 1.29 is 14.0 Å². The number of hydrogen-bond acceptors (Lipinski definition) is 3. The molecule has 0 atom stereocenters. The van der Waals surface area contributed by atoms with Gasteiger partial charge in [-0.1, -0.05) is 26.0 Å². The van der Waals surface area contributed by atoms with Crippen molar-refractivity contribution in [3.63, 3.8) is 0 Å². The van der Waals surface area contributed by atoms with Gasteiger partial charge in [0, 0.05) is 41.8 Å². The Morgan fingerprint density at radius 1 is 1.06 bits per heavy atom.